The second-order valence-corrected chi connectivity index (χ2v) is 3.80. The fourth-order valence-electron chi connectivity index (χ4n) is 1.61. The Bertz CT molecular complexity index is 547. The van der Waals surface area contributed by atoms with Gasteiger partial charge in [0.2, 0.25) is 0 Å². The summed E-state index contributed by atoms with van der Waals surface area (Å²) in [6.07, 6.45) is 1.35. The Hall–Kier alpha value is -1.93. The van der Waals surface area contributed by atoms with Gasteiger partial charge < -0.3 is 14.9 Å². The number of hydrogen-bond acceptors (Lipinski definition) is 5. The number of carboxylic acid groups (broad SMARTS) is 1. The lowest BCUT2D eigenvalue weighted by molar-refractivity contribution is -0.141. The molecule has 1 atom stereocenters. The van der Waals surface area contributed by atoms with Crippen LogP contribution in [0.1, 0.15) is 19.4 Å². The van der Waals surface area contributed by atoms with E-state index in [4.69, 9.17) is 14.9 Å². The topological polar surface area (TPSA) is 111 Å². The molecule has 1 unspecified atom stereocenters. The molecule has 0 aliphatic heterocycles. The van der Waals surface area contributed by atoms with Crippen LogP contribution in [-0.4, -0.2) is 38.5 Å². The highest BCUT2D eigenvalue weighted by molar-refractivity contribution is 5.71. The Morgan fingerprint density at radius 1 is 1.47 bits per heavy atom. The van der Waals surface area contributed by atoms with Crippen molar-refractivity contribution in [3.8, 4) is 0 Å². The van der Waals surface area contributed by atoms with Gasteiger partial charge in [0.15, 0.2) is 0 Å². The fraction of sp³-hybridized carbons (Fsp3) is 0.545. The number of aliphatic hydroxyl groups excluding tert-OH is 1. The van der Waals surface area contributed by atoms with E-state index < -0.39 is 23.3 Å². The van der Waals surface area contributed by atoms with Crippen LogP contribution in [0.5, 0.6) is 0 Å². The molecule has 0 spiro atoms. The van der Waals surface area contributed by atoms with Crippen LogP contribution >= 0.6 is 0 Å². The largest absolute Gasteiger partial charge is 0.480 e. The van der Waals surface area contributed by atoms with Gasteiger partial charge >= 0.3 is 11.7 Å². The number of carbonyl (C=O) groups is 1. The first-order chi connectivity index (χ1) is 9.02. The minimum Gasteiger partial charge on any atom is -0.480 e. The molecule has 1 rings (SSSR count). The summed E-state index contributed by atoms with van der Waals surface area (Å²) < 4.78 is 6.73. The van der Waals surface area contributed by atoms with Gasteiger partial charge in [-0.05, 0) is 6.42 Å². The zero-order valence-corrected chi connectivity index (χ0v) is 10.5. The van der Waals surface area contributed by atoms with E-state index >= 15 is 0 Å². The van der Waals surface area contributed by atoms with E-state index in [9.17, 15) is 14.4 Å². The number of nitrogens with zero attached hydrogens (tertiary/aromatic N) is 2. The molecule has 8 nitrogen and oxygen atoms in total. The van der Waals surface area contributed by atoms with Gasteiger partial charge in [-0.25, -0.2) is 14.2 Å². The maximum Gasteiger partial charge on any atom is 0.333 e. The van der Waals surface area contributed by atoms with E-state index in [1.165, 1.54) is 6.20 Å². The van der Waals surface area contributed by atoms with Gasteiger partial charge in [0.05, 0.1) is 13.2 Å². The summed E-state index contributed by atoms with van der Waals surface area (Å²) in [6, 6.07) is -0.0970. The number of hydrogen-bond donors (Lipinski definition) is 2. The van der Waals surface area contributed by atoms with Crippen LogP contribution in [-0.2, 0) is 16.3 Å². The Morgan fingerprint density at radius 3 is 2.68 bits per heavy atom. The molecule has 1 aromatic rings. The van der Waals surface area contributed by atoms with Crippen molar-refractivity contribution in [2.45, 2.75) is 26.1 Å². The van der Waals surface area contributed by atoms with Crippen molar-refractivity contribution in [3.05, 3.63) is 33.1 Å². The van der Waals surface area contributed by atoms with E-state index in [0.29, 0.717) is 4.57 Å². The van der Waals surface area contributed by atoms with Crippen LogP contribution < -0.4 is 11.2 Å². The minimum atomic E-state index is -1.24. The molecule has 0 radical (unpaired) electrons. The lowest BCUT2D eigenvalue weighted by atomic mass is 10.2. The molecule has 0 amide bonds. The first-order valence-electron chi connectivity index (χ1n) is 5.76. The SMILES string of the molecule is CCC(C(=O)O)n1c(=O)ccn(COCCO)c1=O. The lowest BCUT2D eigenvalue weighted by Crippen LogP contribution is -2.43. The number of ether oxygens (including phenoxy) is 1. The van der Waals surface area contributed by atoms with Crippen LogP contribution in [0.3, 0.4) is 0 Å². The molecule has 1 heterocycles. The predicted molar refractivity (Wildman–Crippen MR) is 65.0 cm³/mol. The maximum absolute atomic E-state index is 12.0. The number of aliphatic carboxylic acids is 1. The molecule has 0 aliphatic carbocycles. The highest BCUT2D eigenvalue weighted by Gasteiger charge is 2.21. The number of aromatic nitrogens is 2. The predicted octanol–water partition coefficient (Wildman–Crippen LogP) is -0.988. The Labute approximate surface area is 108 Å². The van der Waals surface area contributed by atoms with Crippen molar-refractivity contribution in [1.29, 1.82) is 0 Å². The Morgan fingerprint density at radius 2 is 2.16 bits per heavy atom. The van der Waals surface area contributed by atoms with Crippen LogP contribution in [0.25, 0.3) is 0 Å². The van der Waals surface area contributed by atoms with Crippen LogP contribution in [0.2, 0.25) is 0 Å². The third-order valence-corrected chi connectivity index (χ3v) is 2.54. The van der Waals surface area contributed by atoms with Gasteiger partial charge in [-0.2, -0.15) is 0 Å². The highest BCUT2D eigenvalue weighted by atomic mass is 16.5. The van der Waals surface area contributed by atoms with Crippen molar-refractivity contribution in [1.82, 2.24) is 9.13 Å². The molecular weight excluding hydrogens is 256 g/mol. The number of aliphatic hydroxyl groups is 1. The number of carboxylic acids is 1. The zero-order valence-electron chi connectivity index (χ0n) is 10.5. The standard InChI is InChI=1S/C11H16N2O6/c1-2-8(10(16)17)13-9(15)3-4-12(11(13)18)7-19-6-5-14/h3-4,8,14H,2,5-7H2,1H3,(H,16,17). The summed E-state index contributed by atoms with van der Waals surface area (Å²) in [4.78, 5) is 34.7. The van der Waals surface area contributed by atoms with Crippen molar-refractivity contribution in [2.24, 2.45) is 0 Å². The van der Waals surface area contributed by atoms with Crippen LogP contribution in [0, 0.1) is 0 Å². The maximum atomic E-state index is 12.0. The van der Waals surface area contributed by atoms with Gasteiger partial charge in [-0.1, -0.05) is 6.92 Å². The molecule has 19 heavy (non-hydrogen) atoms. The summed E-state index contributed by atoms with van der Waals surface area (Å²) >= 11 is 0. The Balaban J connectivity index is 3.17. The summed E-state index contributed by atoms with van der Waals surface area (Å²) in [5, 5.41) is 17.6. The van der Waals surface area contributed by atoms with Gasteiger partial charge in [-0.3, -0.25) is 9.36 Å². The summed E-state index contributed by atoms with van der Waals surface area (Å²) in [6.45, 7) is 1.27. The van der Waals surface area contributed by atoms with Crippen molar-refractivity contribution >= 4 is 5.97 Å². The summed E-state index contributed by atoms with van der Waals surface area (Å²) in [5.74, 6) is -1.24. The molecule has 8 heteroatoms. The van der Waals surface area contributed by atoms with E-state index in [1.807, 2.05) is 0 Å². The molecule has 0 bridgehead atoms. The van der Waals surface area contributed by atoms with Crippen LogP contribution in [0.4, 0.5) is 0 Å². The van der Waals surface area contributed by atoms with E-state index in [2.05, 4.69) is 0 Å². The van der Waals surface area contributed by atoms with Crippen molar-refractivity contribution in [2.75, 3.05) is 13.2 Å². The minimum absolute atomic E-state index is 0.0434. The lowest BCUT2D eigenvalue weighted by Gasteiger charge is -2.14. The van der Waals surface area contributed by atoms with E-state index in [-0.39, 0.29) is 26.4 Å². The summed E-state index contributed by atoms with van der Waals surface area (Å²) in [5.41, 5.74) is -1.42. The quantitative estimate of drug-likeness (QED) is 0.617. The van der Waals surface area contributed by atoms with E-state index in [0.717, 1.165) is 10.6 Å². The van der Waals surface area contributed by atoms with Crippen molar-refractivity contribution in [3.63, 3.8) is 0 Å². The van der Waals surface area contributed by atoms with Gasteiger partial charge in [-0.15, -0.1) is 0 Å². The monoisotopic (exact) mass is 272 g/mol. The second kappa shape index (κ2) is 6.86. The van der Waals surface area contributed by atoms with E-state index in [1.54, 1.807) is 6.92 Å². The zero-order chi connectivity index (χ0) is 14.4. The molecule has 2 N–H and O–H groups in total. The summed E-state index contributed by atoms with van der Waals surface area (Å²) in [7, 11) is 0. The molecule has 0 saturated carbocycles. The van der Waals surface area contributed by atoms with Gasteiger partial charge in [0, 0.05) is 12.3 Å². The second-order valence-electron chi connectivity index (χ2n) is 3.80. The fourth-order valence-corrected chi connectivity index (χ4v) is 1.61. The average Bonchev–Trinajstić information content (AvgIpc) is 2.36. The number of rotatable bonds is 7. The molecule has 1 aromatic heterocycles. The first-order valence-corrected chi connectivity index (χ1v) is 5.76. The van der Waals surface area contributed by atoms with Gasteiger partial charge in [0.25, 0.3) is 5.56 Å². The third kappa shape index (κ3) is 3.52. The van der Waals surface area contributed by atoms with Crippen molar-refractivity contribution < 1.29 is 19.7 Å². The molecular formula is C11H16N2O6. The normalized spacial score (nSPS) is 12.3. The van der Waals surface area contributed by atoms with Gasteiger partial charge in [0.1, 0.15) is 12.8 Å². The Kier molecular flexibility index (Phi) is 5.46. The van der Waals surface area contributed by atoms with Crippen LogP contribution in [0.15, 0.2) is 21.9 Å². The molecule has 0 saturated heterocycles. The molecule has 106 valence electrons. The first kappa shape index (κ1) is 15.1. The smallest absolute Gasteiger partial charge is 0.333 e. The highest BCUT2D eigenvalue weighted by Crippen LogP contribution is 2.05. The average molecular weight is 272 g/mol. The third-order valence-electron chi connectivity index (χ3n) is 2.54. The molecule has 0 aliphatic rings. The molecule has 0 fully saturated rings. The molecule has 0 aromatic carbocycles.